The molecule has 2 saturated heterocycles. The first-order valence-electron chi connectivity index (χ1n) is 9.48. The minimum absolute atomic E-state index is 0.0121. The van der Waals surface area contributed by atoms with Crippen molar-refractivity contribution in [1.82, 2.24) is 10.2 Å². The molecular weight excluding hydrogens is 351 g/mol. The van der Waals surface area contributed by atoms with Gasteiger partial charge in [-0.3, -0.25) is 0 Å². The Labute approximate surface area is 159 Å². The Hall–Kier alpha value is -1.27. The van der Waals surface area contributed by atoms with Gasteiger partial charge in [-0.15, -0.1) is 0 Å². The van der Waals surface area contributed by atoms with Crippen LogP contribution in [0.2, 0.25) is 0 Å². The molecule has 144 valence electrons. The number of rotatable bonds is 5. The Morgan fingerprint density at radius 3 is 2.96 bits per heavy atom. The van der Waals surface area contributed by atoms with Crippen molar-refractivity contribution in [2.45, 2.75) is 31.1 Å². The van der Waals surface area contributed by atoms with E-state index in [0.29, 0.717) is 25.7 Å². The first-order valence-corrected chi connectivity index (χ1v) is 10.9. The fourth-order valence-electron chi connectivity index (χ4n) is 4.13. The number of nitrogens with one attached hydrogen (secondary N) is 1. The van der Waals surface area contributed by atoms with Gasteiger partial charge >= 0.3 is 6.03 Å². The molecule has 0 saturated carbocycles. The van der Waals surface area contributed by atoms with Crippen LogP contribution in [0.5, 0.6) is 0 Å². The van der Waals surface area contributed by atoms with Gasteiger partial charge in [-0.05, 0) is 61.3 Å². The van der Waals surface area contributed by atoms with E-state index in [1.54, 1.807) is 12.1 Å². The highest BCUT2D eigenvalue weighted by atomic mass is 32.2. The van der Waals surface area contributed by atoms with Crippen molar-refractivity contribution < 1.29 is 13.9 Å². The number of hydrogen-bond donors (Lipinski definition) is 1. The molecule has 0 bridgehead atoms. The summed E-state index contributed by atoms with van der Waals surface area (Å²) in [7, 11) is 0. The minimum Gasteiger partial charge on any atom is -0.381 e. The largest absolute Gasteiger partial charge is 0.381 e. The SMILES string of the molecule is CSC[C@H]1CCCN(C(=O)NCC2(c3cccc(F)c3)CCOCC2)C1. The number of likely N-dealkylation sites (tertiary alicyclic amines) is 1. The predicted molar refractivity (Wildman–Crippen MR) is 104 cm³/mol. The number of halogens is 1. The van der Waals surface area contributed by atoms with Crippen LogP contribution in [-0.2, 0) is 10.2 Å². The highest BCUT2D eigenvalue weighted by molar-refractivity contribution is 7.98. The molecule has 2 heterocycles. The number of ether oxygens (including phenoxy) is 1. The van der Waals surface area contributed by atoms with Gasteiger partial charge in [0.1, 0.15) is 5.82 Å². The van der Waals surface area contributed by atoms with Gasteiger partial charge in [0.25, 0.3) is 0 Å². The average molecular weight is 381 g/mol. The summed E-state index contributed by atoms with van der Waals surface area (Å²) in [5.41, 5.74) is 0.713. The van der Waals surface area contributed by atoms with Crippen LogP contribution in [0, 0.1) is 11.7 Å². The van der Waals surface area contributed by atoms with E-state index in [1.807, 2.05) is 22.7 Å². The number of thioether (sulfide) groups is 1. The third-order valence-electron chi connectivity index (χ3n) is 5.67. The first-order chi connectivity index (χ1) is 12.6. The smallest absolute Gasteiger partial charge is 0.317 e. The van der Waals surface area contributed by atoms with E-state index in [4.69, 9.17) is 4.74 Å². The normalized spacial score (nSPS) is 22.8. The van der Waals surface area contributed by atoms with Gasteiger partial charge in [0.05, 0.1) is 0 Å². The summed E-state index contributed by atoms with van der Waals surface area (Å²) < 4.78 is 19.3. The van der Waals surface area contributed by atoms with Gasteiger partial charge in [0.2, 0.25) is 0 Å². The van der Waals surface area contributed by atoms with Crippen molar-refractivity contribution in [1.29, 1.82) is 0 Å². The van der Waals surface area contributed by atoms with Crippen molar-refractivity contribution in [3.05, 3.63) is 35.6 Å². The Bertz CT molecular complexity index is 605. The molecule has 1 aromatic carbocycles. The van der Waals surface area contributed by atoms with Crippen molar-refractivity contribution in [3.8, 4) is 0 Å². The molecule has 3 rings (SSSR count). The topological polar surface area (TPSA) is 41.6 Å². The zero-order valence-corrected chi connectivity index (χ0v) is 16.3. The monoisotopic (exact) mass is 380 g/mol. The third-order valence-corrected chi connectivity index (χ3v) is 6.48. The quantitative estimate of drug-likeness (QED) is 0.848. The molecule has 6 heteroatoms. The van der Waals surface area contributed by atoms with Gasteiger partial charge in [-0.25, -0.2) is 9.18 Å². The molecule has 0 spiro atoms. The molecule has 26 heavy (non-hydrogen) atoms. The van der Waals surface area contributed by atoms with E-state index in [1.165, 1.54) is 12.5 Å². The second-order valence-corrected chi connectivity index (χ2v) is 8.38. The van der Waals surface area contributed by atoms with Crippen molar-refractivity contribution >= 4 is 17.8 Å². The van der Waals surface area contributed by atoms with Crippen LogP contribution in [0.3, 0.4) is 0 Å². The zero-order valence-electron chi connectivity index (χ0n) is 15.5. The molecule has 1 N–H and O–H groups in total. The number of amides is 2. The average Bonchev–Trinajstić information content (AvgIpc) is 2.67. The molecule has 1 atom stereocenters. The zero-order chi connectivity index (χ0) is 18.4. The van der Waals surface area contributed by atoms with Crippen LogP contribution in [-0.4, -0.2) is 55.8 Å². The third kappa shape index (κ3) is 4.71. The molecule has 2 aliphatic rings. The van der Waals surface area contributed by atoms with Crippen molar-refractivity contribution in [2.75, 3.05) is 44.9 Å². The fourth-order valence-corrected chi connectivity index (χ4v) is 4.87. The van der Waals surface area contributed by atoms with Gasteiger partial charge in [-0.2, -0.15) is 11.8 Å². The number of hydrogen-bond acceptors (Lipinski definition) is 3. The lowest BCUT2D eigenvalue weighted by molar-refractivity contribution is 0.0498. The summed E-state index contributed by atoms with van der Waals surface area (Å²) in [6.45, 7) is 3.48. The lowest BCUT2D eigenvalue weighted by Gasteiger charge is -2.39. The van der Waals surface area contributed by atoms with E-state index in [-0.39, 0.29) is 17.3 Å². The van der Waals surface area contributed by atoms with Gasteiger partial charge in [-0.1, -0.05) is 12.1 Å². The number of carbonyl (C=O) groups excluding carboxylic acids is 1. The Kier molecular flexibility index (Phi) is 6.81. The van der Waals surface area contributed by atoms with Gasteiger partial charge in [0.15, 0.2) is 0 Å². The Balaban J connectivity index is 1.65. The van der Waals surface area contributed by atoms with Crippen LogP contribution in [0.15, 0.2) is 24.3 Å². The minimum atomic E-state index is -0.246. The standard InChI is InChI=1S/C20H29FN2O2S/c1-26-14-16-4-3-9-23(13-16)19(24)22-15-20(7-10-25-11-8-20)17-5-2-6-18(21)12-17/h2,5-6,12,16H,3-4,7-11,13-15H2,1H3,(H,22,24)/t16-/m0/s1. The van der Waals surface area contributed by atoms with Crippen LogP contribution in [0.1, 0.15) is 31.2 Å². The summed E-state index contributed by atoms with van der Waals surface area (Å²) in [4.78, 5) is 14.7. The molecule has 0 aliphatic carbocycles. The van der Waals surface area contributed by atoms with Crippen molar-refractivity contribution in [3.63, 3.8) is 0 Å². The summed E-state index contributed by atoms with van der Waals surface area (Å²) >= 11 is 1.85. The summed E-state index contributed by atoms with van der Waals surface area (Å²) in [5.74, 6) is 1.47. The van der Waals surface area contributed by atoms with Crippen molar-refractivity contribution in [2.24, 2.45) is 5.92 Å². The van der Waals surface area contributed by atoms with E-state index < -0.39 is 0 Å². The Morgan fingerprint density at radius 2 is 2.23 bits per heavy atom. The molecule has 1 aromatic rings. The highest BCUT2D eigenvalue weighted by Gasteiger charge is 2.36. The number of nitrogens with zero attached hydrogens (tertiary/aromatic N) is 1. The number of urea groups is 1. The maximum Gasteiger partial charge on any atom is 0.317 e. The Morgan fingerprint density at radius 1 is 1.42 bits per heavy atom. The maximum absolute atomic E-state index is 13.8. The molecule has 2 aliphatic heterocycles. The second-order valence-electron chi connectivity index (χ2n) is 7.47. The lowest BCUT2D eigenvalue weighted by Crippen LogP contribution is -2.51. The van der Waals surface area contributed by atoms with Crippen LogP contribution < -0.4 is 5.32 Å². The molecule has 0 aromatic heterocycles. The molecular formula is C20H29FN2O2S. The number of piperidine rings is 1. The fraction of sp³-hybridized carbons (Fsp3) is 0.650. The van der Waals surface area contributed by atoms with E-state index in [9.17, 15) is 9.18 Å². The van der Waals surface area contributed by atoms with Gasteiger partial charge < -0.3 is 15.0 Å². The second kappa shape index (κ2) is 9.09. The summed E-state index contributed by atoms with van der Waals surface area (Å²) in [6.07, 6.45) is 5.99. The summed E-state index contributed by atoms with van der Waals surface area (Å²) in [5, 5.41) is 3.15. The molecule has 2 amide bonds. The van der Waals surface area contributed by atoms with E-state index in [2.05, 4.69) is 11.6 Å². The maximum atomic E-state index is 13.8. The first kappa shape index (κ1) is 19.5. The van der Waals surface area contributed by atoms with Crippen LogP contribution in [0.4, 0.5) is 9.18 Å². The van der Waals surface area contributed by atoms with Crippen LogP contribution >= 0.6 is 11.8 Å². The lowest BCUT2D eigenvalue weighted by atomic mass is 9.74. The number of carbonyl (C=O) groups is 1. The van der Waals surface area contributed by atoms with Gasteiger partial charge in [0, 0.05) is 38.3 Å². The van der Waals surface area contributed by atoms with E-state index in [0.717, 1.165) is 43.7 Å². The number of benzene rings is 1. The van der Waals surface area contributed by atoms with E-state index >= 15 is 0 Å². The molecule has 4 nitrogen and oxygen atoms in total. The summed E-state index contributed by atoms with van der Waals surface area (Å²) in [6, 6.07) is 6.80. The molecule has 0 unspecified atom stereocenters. The molecule has 2 fully saturated rings. The predicted octanol–water partition coefficient (Wildman–Crippen LogP) is 3.66. The highest BCUT2D eigenvalue weighted by Crippen LogP contribution is 2.34. The molecule has 0 radical (unpaired) electrons. The van der Waals surface area contributed by atoms with Crippen LogP contribution in [0.25, 0.3) is 0 Å².